The van der Waals surface area contributed by atoms with Crippen LogP contribution in [0.4, 0.5) is 0 Å². The number of thiazole rings is 1. The van der Waals surface area contributed by atoms with E-state index in [0.717, 1.165) is 22.7 Å². The summed E-state index contributed by atoms with van der Waals surface area (Å²) in [4.78, 5) is 16.5. The van der Waals surface area contributed by atoms with Crippen LogP contribution in [0.1, 0.15) is 28.7 Å². The van der Waals surface area contributed by atoms with Crippen LogP contribution in [0.5, 0.6) is 5.75 Å². The number of rotatable bonds is 5. The van der Waals surface area contributed by atoms with E-state index in [-0.39, 0.29) is 5.91 Å². The SMILES string of the molecule is CCCOc1ccc(-c2nc(C)c(C(=O)NN)s2)cc1. The highest BCUT2D eigenvalue weighted by Gasteiger charge is 2.15. The van der Waals surface area contributed by atoms with E-state index in [1.807, 2.05) is 24.3 Å². The molecule has 0 bridgehead atoms. The second kappa shape index (κ2) is 6.49. The molecule has 0 fully saturated rings. The van der Waals surface area contributed by atoms with Gasteiger partial charge in [-0.25, -0.2) is 10.8 Å². The van der Waals surface area contributed by atoms with Crippen molar-refractivity contribution in [2.45, 2.75) is 20.3 Å². The van der Waals surface area contributed by atoms with Crippen molar-refractivity contribution < 1.29 is 9.53 Å². The average Bonchev–Trinajstić information content (AvgIpc) is 2.87. The number of nitrogens with zero attached hydrogens (tertiary/aromatic N) is 1. The van der Waals surface area contributed by atoms with E-state index >= 15 is 0 Å². The number of hydrazine groups is 1. The van der Waals surface area contributed by atoms with Crippen molar-refractivity contribution >= 4 is 17.2 Å². The quantitative estimate of drug-likeness (QED) is 0.504. The van der Waals surface area contributed by atoms with Crippen molar-refractivity contribution in [3.63, 3.8) is 0 Å². The summed E-state index contributed by atoms with van der Waals surface area (Å²) < 4.78 is 5.53. The molecule has 0 saturated carbocycles. The van der Waals surface area contributed by atoms with Gasteiger partial charge in [0.15, 0.2) is 0 Å². The Kier molecular flexibility index (Phi) is 4.70. The minimum absolute atomic E-state index is 0.311. The van der Waals surface area contributed by atoms with E-state index in [4.69, 9.17) is 10.6 Å². The van der Waals surface area contributed by atoms with Crippen molar-refractivity contribution in [1.82, 2.24) is 10.4 Å². The molecular formula is C14H17N3O2S. The number of hydrogen-bond acceptors (Lipinski definition) is 5. The molecule has 0 radical (unpaired) electrons. The number of carbonyl (C=O) groups excluding carboxylic acids is 1. The zero-order valence-electron chi connectivity index (χ0n) is 11.5. The third-order valence-corrected chi connectivity index (χ3v) is 3.91. The van der Waals surface area contributed by atoms with Crippen LogP contribution in [-0.2, 0) is 0 Å². The van der Waals surface area contributed by atoms with Crippen LogP contribution >= 0.6 is 11.3 Å². The fourth-order valence-electron chi connectivity index (χ4n) is 1.71. The van der Waals surface area contributed by atoms with Gasteiger partial charge in [0.1, 0.15) is 15.6 Å². The van der Waals surface area contributed by atoms with E-state index in [9.17, 15) is 4.79 Å². The molecule has 2 rings (SSSR count). The lowest BCUT2D eigenvalue weighted by Gasteiger charge is -2.04. The van der Waals surface area contributed by atoms with Gasteiger partial charge in [-0.05, 0) is 37.6 Å². The molecule has 0 spiro atoms. The van der Waals surface area contributed by atoms with Gasteiger partial charge in [0, 0.05) is 5.56 Å². The summed E-state index contributed by atoms with van der Waals surface area (Å²) in [7, 11) is 0. The maximum atomic E-state index is 11.6. The molecule has 20 heavy (non-hydrogen) atoms. The monoisotopic (exact) mass is 291 g/mol. The smallest absolute Gasteiger partial charge is 0.277 e. The van der Waals surface area contributed by atoms with Gasteiger partial charge < -0.3 is 4.74 Å². The summed E-state index contributed by atoms with van der Waals surface area (Å²) in [6, 6.07) is 7.69. The maximum Gasteiger partial charge on any atom is 0.277 e. The molecule has 1 heterocycles. The highest BCUT2D eigenvalue weighted by molar-refractivity contribution is 7.17. The van der Waals surface area contributed by atoms with E-state index in [1.165, 1.54) is 11.3 Å². The fraction of sp³-hybridized carbons (Fsp3) is 0.286. The molecule has 0 saturated heterocycles. The van der Waals surface area contributed by atoms with E-state index in [1.54, 1.807) is 6.92 Å². The van der Waals surface area contributed by atoms with Crippen LogP contribution in [0.25, 0.3) is 10.6 Å². The normalized spacial score (nSPS) is 10.3. The number of nitrogens with one attached hydrogen (secondary N) is 1. The minimum Gasteiger partial charge on any atom is -0.494 e. The Labute approximate surface area is 121 Å². The molecule has 1 aromatic carbocycles. The number of nitrogen functional groups attached to an aromatic ring is 1. The number of ether oxygens (including phenoxy) is 1. The minimum atomic E-state index is -0.311. The molecule has 0 unspecified atom stereocenters. The van der Waals surface area contributed by atoms with Crippen molar-refractivity contribution in [1.29, 1.82) is 0 Å². The zero-order chi connectivity index (χ0) is 14.5. The average molecular weight is 291 g/mol. The van der Waals surface area contributed by atoms with Gasteiger partial charge in [-0.1, -0.05) is 6.92 Å². The van der Waals surface area contributed by atoms with Crippen LogP contribution in [0, 0.1) is 6.92 Å². The Bertz CT molecular complexity index is 593. The highest BCUT2D eigenvalue weighted by Crippen LogP contribution is 2.29. The first-order chi connectivity index (χ1) is 9.65. The lowest BCUT2D eigenvalue weighted by molar-refractivity contribution is 0.0957. The van der Waals surface area contributed by atoms with Gasteiger partial charge in [0.25, 0.3) is 5.91 Å². The molecular weight excluding hydrogens is 274 g/mol. The Morgan fingerprint density at radius 3 is 2.70 bits per heavy atom. The van der Waals surface area contributed by atoms with Crippen LogP contribution in [0.3, 0.4) is 0 Å². The molecule has 1 aromatic heterocycles. The van der Waals surface area contributed by atoms with Gasteiger partial charge in [0.2, 0.25) is 0 Å². The summed E-state index contributed by atoms with van der Waals surface area (Å²) in [5, 5.41) is 0.795. The standard InChI is InChI=1S/C14H17N3O2S/c1-3-8-19-11-6-4-10(5-7-11)14-16-9(2)12(20-14)13(18)17-15/h4-7H,3,8,15H2,1-2H3,(H,17,18). The molecule has 1 amide bonds. The van der Waals surface area contributed by atoms with Gasteiger partial charge >= 0.3 is 0 Å². The molecule has 2 aromatic rings. The molecule has 3 N–H and O–H groups in total. The van der Waals surface area contributed by atoms with E-state index in [2.05, 4.69) is 17.3 Å². The number of carbonyl (C=O) groups is 1. The Morgan fingerprint density at radius 2 is 2.10 bits per heavy atom. The van der Waals surface area contributed by atoms with Gasteiger partial charge in [-0.15, -0.1) is 11.3 Å². The molecule has 5 nitrogen and oxygen atoms in total. The summed E-state index contributed by atoms with van der Waals surface area (Å²) in [5.74, 6) is 5.68. The van der Waals surface area contributed by atoms with Crippen molar-refractivity contribution in [3.05, 3.63) is 34.8 Å². The third-order valence-electron chi connectivity index (χ3n) is 2.71. The second-order valence-corrected chi connectivity index (χ2v) is 5.28. The summed E-state index contributed by atoms with van der Waals surface area (Å²) in [6.45, 7) is 4.57. The fourth-order valence-corrected chi connectivity index (χ4v) is 2.68. The van der Waals surface area contributed by atoms with Gasteiger partial charge in [-0.3, -0.25) is 10.2 Å². The first-order valence-corrected chi connectivity index (χ1v) is 7.19. The van der Waals surface area contributed by atoms with E-state index < -0.39 is 0 Å². The topological polar surface area (TPSA) is 77.2 Å². The number of hydrogen-bond donors (Lipinski definition) is 2. The van der Waals surface area contributed by atoms with Crippen LogP contribution in [0.15, 0.2) is 24.3 Å². The lowest BCUT2D eigenvalue weighted by atomic mass is 10.2. The first kappa shape index (κ1) is 14.5. The second-order valence-electron chi connectivity index (χ2n) is 4.28. The number of nitrogens with two attached hydrogens (primary N) is 1. The maximum absolute atomic E-state index is 11.6. The number of benzene rings is 1. The summed E-state index contributed by atoms with van der Waals surface area (Å²) in [6.07, 6.45) is 0.977. The molecule has 106 valence electrons. The van der Waals surface area contributed by atoms with Crippen molar-refractivity contribution in [2.75, 3.05) is 6.61 Å². The van der Waals surface area contributed by atoms with Crippen LogP contribution < -0.4 is 16.0 Å². The van der Waals surface area contributed by atoms with Crippen molar-refractivity contribution in [3.8, 4) is 16.3 Å². The van der Waals surface area contributed by atoms with Crippen LogP contribution in [0.2, 0.25) is 0 Å². The molecule has 6 heteroatoms. The Hall–Kier alpha value is -1.92. The number of aromatic nitrogens is 1. The predicted molar refractivity (Wildman–Crippen MR) is 79.7 cm³/mol. The summed E-state index contributed by atoms with van der Waals surface area (Å²) in [5.41, 5.74) is 3.77. The molecule has 0 aliphatic heterocycles. The first-order valence-electron chi connectivity index (χ1n) is 6.37. The van der Waals surface area contributed by atoms with Gasteiger partial charge in [0.05, 0.1) is 12.3 Å². The van der Waals surface area contributed by atoms with E-state index in [0.29, 0.717) is 17.2 Å². The molecule has 0 aliphatic rings. The number of amides is 1. The largest absolute Gasteiger partial charge is 0.494 e. The Morgan fingerprint density at radius 1 is 1.40 bits per heavy atom. The van der Waals surface area contributed by atoms with Gasteiger partial charge in [-0.2, -0.15) is 0 Å². The van der Waals surface area contributed by atoms with Crippen molar-refractivity contribution in [2.24, 2.45) is 5.84 Å². The third kappa shape index (κ3) is 3.15. The summed E-state index contributed by atoms with van der Waals surface area (Å²) >= 11 is 1.33. The zero-order valence-corrected chi connectivity index (χ0v) is 12.3. The highest BCUT2D eigenvalue weighted by atomic mass is 32.1. The molecule has 0 aliphatic carbocycles. The lowest BCUT2D eigenvalue weighted by Crippen LogP contribution is -2.29. The number of aryl methyl sites for hydroxylation is 1. The predicted octanol–water partition coefficient (Wildman–Crippen LogP) is 2.51. The van der Waals surface area contributed by atoms with Crippen LogP contribution in [-0.4, -0.2) is 17.5 Å². The Balaban J connectivity index is 2.21. The molecule has 0 atom stereocenters.